The highest BCUT2D eigenvalue weighted by Crippen LogP contribution is 2.31. The zero-order valence-electron chi connectivity index (χ0n) is 32.1. The van der Waals surface area contributed by atoms with Gasteiger partial charge in [-0.25, -0.2) is 9.78 Å². The molecule has 4 aliphatic rings. The van der Waals surface area contributed by atoms with E-state index >= 15 is 0 Å². The first kappa shape index (κ1) is 39.5. The molecule has 7 rings (SSSR count). The number of urea groups is 1. The Labute approximate surface area is 336 Å². The van der Waals surface area contributed by atoms with Crippen LogP contribution < -0.4 is 31.1 Å². The average molecular weight is 795 g/mol. The summed E-state index contributed by atoms with van der Waals surface area (Å²) in [5.41, 5.74) is 3.25. The van der Waals surface area contributed by atoms with Crippen LogP contribution in [0.15, 0.2) is 54.7 Å². The summed E-state index contributed by atoms with van der Waals surface area (Å²) >= 11 is 6.29. The van der Waals surface area contributed by atoms with Crippen molar-refractivity contribution in [2.75, 3.05) is 66.2 Å². The second-order valence-corrected chi connectivity index (χ2v) is 15.6. The summed E-state index contributed by atoms with van der Waals surface area (Å²) in [7, 11) is 0. The molecule has 15 nitrogen and oxygen atoms in total. The van der Waals surface area contributed by atoms with Gasteiger partial charge in [0.2, 0.25) is 11.8 Å². The van der Waals surface area contributed by atoms with Crippen molar-refractivity contribution in [2.24, 2.45) is 5.92 Å². The van der Waals surface area contributed by atoms with Gasteiger partial charge in [0.25, 0.3) is 11.8 Å². The van der Waals surface area contributed by atoms with Crippen LogP contribution in [-0.2, 0) is 9.59 Å². The molecule has 2 aromatic carbocycles. The molecular weight excluding hydrogens is 748 g/mol. The fourth-order valence-electron chi connectivity index (χ4n) is 8.14. The molecule has 1 unspecified atom stereocenters. The van der Waals surface area contributed by atoms with Crippen molar-refractivity contribution >= 4 is 64.1 Å². The number of benzene rings is 2. The SMILES string of the molecule is C[C@@H]1CN(c2ccc(C#N)c(Cl)c2)[C@@H](C)CN1C(=O)Nc1ccc(N2CCC(CCNCCNc3ccc4c(c3)C(=O)N(C3CCC(=O)NC3=O)C4=O)CC2)nc1. The van der Waals surface area contributed by atoms with Crippen molar-refractivity contribution in [2.45, 2.75) is 64.1 Å². The third-order valence-electron chi connectivity index (χ3n) is 11.4. The van der Waals surface area contributed by atoms with Gasteiger partial charge in [0.1, 0.15) is 17.9 Å². The zero-order chi connectivity index (χ0) is 40.2. The first-order chi connectivity index (χ1) is 27.5. The Kier molecular flexibility index (Phi) is 11.9. The number of nitriles is 1. The van der Waals surface area contributed by atoms with E-state index in [1.807, 2.05) is 36.1 Å². The summed E-state index contributed by atoms with van der Waals surface area (Å²) in [5, 5.41) is 21.7. The smallest absolute Gasteiger partial charge is 0.322 e. The Bertz CT molecular complexity index is 2080. The number of anilines is 4. The summed E-state index contributed by atoms with van der Waals surface area (Å²) in [5.74, 6) is -0.557. The molecule has 0 aliphatic carbocycles. The third-order valence-corrected chi connectivity index (χ3v) is 11.7. The lowest BCUT2D eigenvalue weighted by Crippen LogP contribution is -2.59. The standard InChI is InChI=1S/C41H47ClN10O5/c1-25-24-51(26(2)23-50(25)31-6-3-28(21-43)34(42)20-31)41(57)47-30-5-9-36(46-22-30)49-17-12-27(13-18-49)11-14-44-15-16-45-29-4-7-32-33(19-29)40(56)52(39(32)55)35-8-10-37(53)48-38(35)54/h3-7,9,19-20,22,25-27,35,44-45H,8,10-18,23-24H2,1-2H3,(H,47,57)(H,48,53,54)/t25-,26+,35?/m0/s1. The molecular formula is C41H47ClN10O5. The number of nitrogens with zero attached hydrogens (tertiary/aromatic N) is 6. The van der Waals surface area contributed by atoms with Crippen molar-refractivity contribution in [3.63, 3.8) is 0 Å². The molecule has 5 heterocycles. The average Bonchev–Trinajstić information content (AvgIpc) is 3.45. The minimum atomic E-state index is -0.982. The summed E-state index contributed by atoms with van der Waals surface area (Å²) in [6.45, 7) is 9.33. The second kappa shape index (κ2) is 17.2. The minimum Gasteiger partial charge on any atom is -0.384 e. The molecule has 3 saturated heterocycles. The number of carbonyl (C=O) groups is 5. The summed E-state index contributed by atoms with van der Waals surface area (Å²) < 4.78 is 0. The lowest BCUT2D eigenvalue weighted by molar-refractivity contribution is -0.136. The van der Waals surface area contributed by atoms with Gasteiger partial charge in [-0.05, 0) is 101 Å². The van der Waals surface area contributed by atoms with Crippen LogP contribution in [0.2, 0.25) is 5.02 Å². The Morgan fingerprint density at radius 3 is 2.40 bits per heavy atom. The fraction of sp³-hybridized carbons (Fsp3) is 0.439. The van der Waals surface area contributed by atoms with Gasteiger partial charge in [-0.3, -0.25) is 29.4 Å². The molecule has 3 aromatic rings. The number of imide groups is 2. The quantitative estimate of drug-likeness (QED) is 0.159. The van der Waals surface area contributed by atoms with Crippen molar-refractivity contribution in [3.05, 3.63) is 76.4 Å². The monoisotopic (exact) mass is 794 g/mol. The van der Waals surface area contributed by atoms with Crippen LogP contribution >= 0.6 is 11.6 Å². The Balaban J connectivity index is 0.793. The highest BCUT2D eigenvalue weighted by Gasteiger charge is 2.44. The van der Waals surface area contributed by atoms with E-state index in [2.05, 4.69) is 49.0 Å². The summed E-state index contributed by atoms with van der Waals surface area (Å²) in [6.07, 6.45) is 5.12. The van der Waals surface area contributed by atoms with Crippen LogP contribution in [0.25, 0.3) is 0 Å². The van der Waals surface area contributed by atoms with Gasteiger partial charge in [0, 0.05) is 69.1 Å². The maximum atomic E-state index is 13.3. The van der Waals surface area contributed by atoms with Crippen molar-refractivity contribution in [1.82, 2.24) is 25.4 Å². The molecule has 4 N–H and O–H groups in total. The lowest BCUT2D eigenvalue weighted by Gasteiger charge is -2.45. The maximum absolute atomic E-state index is 13.3. The van der Waals surface area contributed by atoms with E-state index in [0.29, 0.717) is 47.5 Å². The van der Waals surface area contributed by atoms with Crippen LogP contribution in [0.1, 0.15) is 72.2 Å². The number of hydrogen-bond donors (Lipinski definition) is 4. The van der Waals surface area contributed by atoms with Gasteiger partial charge in [0.15, 0.2) is 0 Å². The topological polar surface area (TPSA) is 183 Å². The van der Waals surface area contributed by atoms with E-state index in [-0.39, 0.29) is 42.1 Å². The van der Waals surface area contributed by atoms with Crippen LogP contribution in [0.5, 0.6) is 0 Å². The van der Waals surface area contributed by atoms with E-state index < -0.39 is 29.7 Å². The number of fused-ring (bicyclic) bond motifs is 1. The van der Waals surface area contributed by atoms with E-state index in [1.54, 1.807) is 30.5 Å². The van der Waals surface area contributed by atoms with E-state index in [4.69, 9.17) is 11.6 Å². The molecule has 0 bridgehead atoms. The maximum Gasteiger partial charge on any atom is 0.322 e. The largest absolute Gasteiger partial charge is 0.384 e. The predicted octanol–water partition coefficient (Wildman–Crippen LogP) is 4.45. The molecule has 3 atom stereocenters. The molecule has 0 radical (unpaired) electrons. The molecule has 6 amide bonds. The number of halogens is 1. The highest BCUT2D eigenvalue weighted by molar-refractivity contribution is 6.32. The number of pyridine rings is 1. The normalized spacial score (nSPS) is 21.3. The third kappa shape index (κ3) is 8.67. The highest BCUT2D eigenvalue weighted by atomic mass is 35.5. The molecule has 0 spiro atoms. The van der Waals surface area contributed by atoms with Crippen LogP contribution in [0, 0.1) is 17.2 Å². The molecule has 1 aromatic heterocycles. The second-order valence-electron chi connectivity index (χ2n) is 15.2. The van der Waals surface area contributed by atoms with Crippen LogP contribution in [-0.4, -0.2) is 108 Å². The summed E-state index contributed by atoms with van der Waals surface area (Å²) in [4.78, 5) is 75.2. The first-order valence-corrected chi connectivity index (χ1v) is 19.9. The van der Waals surface area contributed by atoms with Crippen molar-refractivity contribution < 1.29 is 24.0 Å². The van der Waals surface area contributed by atoms with Gasteiger partial charge in [-0.2, -0.15) is 5.26 Å². The van der Waals surface area contributed by atoms with Gasteiger partial charge in [0.05, 0.1) is 33.6 Å². The van der Waals surface area contributed by atoms with Crippen molar-refractivity contribution in [1.29, 1.82) is 5.26 Å². The minimum absolute atomic E-state index is 0.0449. The number of piperazine rings is 1. The summed E-state index contributed by atoms with van der Waals surface area (Å²) in [6, 6.07) is 15.3. The molecule has 16 heteroatoms. The molecule has 3 fully saturated rings. The molecule has 4 aliphatic heterocycles. The lowest BCUT2D eigenvalue weighted by atomic mass is 9.93. The van der Waals surface area contributed by atoms with Crippen LogP contribution in [0.4, 0.5) is 27.7 Å². The Morgan fingerprint density at radius 1 is 0.912 bits per heavy atom. The van der Waals surface area contributed by atoms with E-state index in [9.17, 15) is 29.2 Å². The van der Waals surface area contributed by atoms with Crippen LogP contribution in [0.3, 0.4) is 0 Å². The zero-order valence-corrected chi connectivity index (χ0v) is 32.8. The number of piperidine rings is 2. The number of hydrogen-bond acceptors (Lipinski definition) is 11. The number of rotatable bonds is 11. The number of carbonyl (C=O) groups excluding carboxylic acids is 5. The number of nitrogens with one attached hydrogen (secondary N) is 4. The Hall–Kier alpha value is -5.72. The van der Waals surface area contributed by atoms with E-state index in [1.165, 1.54) is 0 Å². The molecule has 0 saturated carbocycles. The number of aromatic nitrogens is 1. The predicted molar refractivity (Wildman–Crippen MR) is 216 cm³/mol. The van der Waals surface area contributed by atoms with E-state index in [0.717, 1.165) is 61.8 Å². The van der Waals surface area contributed by atoms with Gasteiger partial charge in [-0.15, -0.1) is 0 Å². The molecule has 298 valence electrons. The van der Waals surface area contributed by atoms with Gasteiger partial charge in [-0.1, -0.05) is 11.6 Å². The number of amides is 6. The van der Waals surface area contributed by atoms with Gasteiger partial charge < -0.3 is 30.7 Å². The Morgan fingerprint density at radius 2 is 1.68 bits per heavy atom. The fourth-order valence-corrected chi connectivity index (χ4v) is 8.36. The first-order valence-electron chi connectivity index (χ1n) is 19.6. The van der Waals surface area contributed by atoms with Gasteiger partial charge >= 0.3 is 6.03 Å². The molecule has 57 heavy (non-hydrogen) atoms. The van der Waals surface area contributed by atoms with Crippen molar-refractivity contribution in [3.8, 4) is 6.07 Å².